The van der Waals surface area contributed by atoms with E-state index in [0.717, 1.165) is 0 Å². The molecule has 2 rings (SSSR count). The zero-order valence-corrected chi connectivity index (χ0v) is 10.6. The Hall–Kier alpha value is -1.70. The minimum absolute atomic E-state index is 0.0597. The average molecular weight is 285 g/mol. The zero-order valence-electron chi connectivity index (χ0n) is 9.00. The number of halogens is 1. The monoisotopic (exact) mass is 284 g/mol. The van der Waals surface area contributed by atoms with Crippen molar-refractivity contribution in [3.8, 4) is 0 Å². The second kappa shape index (κ2) is 5.30. The van der Waals surface area contributed by atoms with Crippen LogP contribution in [0.2, 0.25) is 5.02 Å². The molecule has 0 saturated heterocycles. The molecule has 0 aliphatic carbocycles. The molecule has 1 aromatic carbocycles. The van der Waals surface area contributed by atoms with Gasteiger partial charge < -0.3 is 15.6 Å². The second-order valence-electron chi connectivity index (χ2n) is 3.30. The number of rotatable bonds is 3. The predicted octanol–water partition coefficient (Wildman–Crippen LogP) is 2.04. The summed E-state index contributed by atoms with van der Waals surface area (Å²) in [7, 11) is 0. The van der Waals surface area contributed by atoms with E-state index in [1.54, 1.807) is 18.2 Å². The Morgan fingerprint density at radius 3 is 2.83 bits per heavy atom. The van der Waals surface area contributed by atoms with Crippen molar-refractivity contribution in [3.63, 3.8) is 0 Å². The maximum absolute atomic E-state index is 11.1. The molecular weight excluding hydrogens is 276 g/mol. The summed E-state index contributed by atoms with van der Waals surface area (Å²) in [4.78, 5) is 7.86. The highest BCUT2D eigenvalue weighted by atomic mass is 35.5. The molecule has 0 radical (unpaired) electrons. The van der Waals surface area contributed by atoms with E-state index in [2.05, 4.69) is 15.3 Å². The minimum atomic E-state index is -2.11. The molecule has 0 amide bonds. The Labute approximate surface area is 110 Å². The molecule has 0 bridgehead atoms. The Kier molecular flexibility index (Phi) is 3.75. The van der Waals surface area contributed by atoms with Crippen molar-refractivity contribution in [1.82, 2.24) is 9.97 Å². The van der Waals surface area contributed by atoms with Gasteiger partial charge in [0, 0.05) is 0 Å². The first-order chi connectivity index (χ1) is 8.58. The van der Waals surface area contributed by atoms with Gasteiger partial charge in [-0.1, -0.05) is 23.7 Å². The fraction of sp³-hybridized carbons (Fsp3) is 0. The van der Waals surface area contributed by atoms with Gasteiger partial charge in [0.2, 0.25) is 5.95 Å². The van der Waals surface area contributed by atoms with Gasteiger partial charge in [0.25, 0.3) is 0 Å². The van der Waals surface area contributed by atoms with Crippen molar-refractivity contribution in [2.24, 2.45) is 0 Å². The van der Waals surface area contributed by atoms with Gasteiger partial charge in [-0.25, -0.2) is 9.19 Å². The van der Waals surface area contributed by atoms with Crippen LogP contribution in [0.1, 0.15) is 0 Å². The lowest BCUT2D eigenvalue weighted by molar-refractivity contribution is 0.565. The summed E-state index contributed by atoms with van der Waals surface area (Å²) in [6.07, 6.45) is 1.35. The number of nitrogens with zero attached hydrogens (tertiary/aromatic N) is 2. The molecule has 1 heterocycles. The van der Waals surface area contributed by atoms with Crippen molar-refractivity contribution in [1.29, 1.82) is 0 Å². The van der Waals surface area contributed by atoms with Crippen LogP contribution in [0.3, 0.4) is 0 Å². The minimum Gasteiger partial charge on any atom is -0.368 e. The van der Waals surface area contributed by atoms with Crippen LogP contribution in [0, 0.1) is 0 Å². The largest absolute Gasteiger partial charge is 0.368 e. The lowest BCUT2D eigenvalue weighted by Crippen LogP contribution is -2.02. The van der Waals surface area contributed by atoms with Crippen molar-refractivity contribution < 1.29 is 8.76 Å². The highest BCUT2D eigenvalue weighted by Gasteiger charge is 2.10. The van der Waals surface area contributed by atoms with E-state index >= 15 is 0 Å². The first kappa shape index (κ1) is 12.7. The van der Waals surface area contributed by atoms with Gasteiger partial charge in [0.15, 0.2) is 16.9 Å². The lowest BCUT2D eigenvalue weighted by atomic mass is 10.3. The number of hydrogen-bond donors (Lipinski definition) is 3. The first-order valence-corrected chi connectivity index (χ1v) is 6.31. The second-order valence-corrected chi connectivity index (χ2v) is 4.64. The molecule has 1 aromatic heterocycles. The zero-order chi connectivity index (χ0) is 13.1. The number of aromatic nitrogens is 2. The quantitative estimate of drug-likeness (QED) is 0.746. The van der Waals surface area contributed by atoms with Crippen LogP contribution in [-0.2, 0) is 11.1 Å². The summed E-state index contributed by atoms with van der Waals surface area (Å²) >= 11 is 3.79. The molecule has 1 atom stereocenters. The van der Waals surface area contributed by atoms with Gasteiger partial charge in [0.05, 0.1) is 16.8 Å². The molecule has 1 unspecified atom stereocenters. The highest BCUT2D eigenvalue weighted by Crippen LogP contribution is 2.26. The van der Waals surface area contributed by atoms with Crippen LogP contribution in [0.15, 0.2) is 35.4 Å². The number of hydrogen-bond acceptors (Lipinski definition) is 5. The van der Waals surface area contributed by atoms with Gasteiger partial charge >= 0.3 is 0 Å². The van der Waals surface area contributed by atoms with Gasteiger partial charge in [-0.2, -0.15) is 4.98 Å². The molecule has 0 aliphatic rings. The smallest absolute Gasteiger partial charge is 0.222 e. The van der Waals surface area contributed by atoms with Crippen molar-refractivity contribution in [3.05, 3.63) is 35.5 Å². The molecule has 2 aromatic rings. The third-order valence-electron chi connectivity index (χ3n) is 2.09. The molecule has 0 saturated carbocycles. The molecule has 18 heavy (non-hydrogen) atoms. The number of anilines is 3. The van der Waals surface area contributed by atoms with Crippen LogP contribution in [0.5, 0.6) is 0 Å². The van der Waals surface area contributed by atoms with Crippen LogP contribution in [0.4, 0.5) is 17.5 Å². The Balaban J connectivity index is 2.40. The van der Waals surface area contributed by atoms with Gasteiger partial charge in [0.1, 0.15) is 5.02 Å². The summed E-state index contributed by atoms with van der Waals surface area (Å²) in [5, 5.41) is 3.11. The normalized spacial score (nSPS) is 12.1. The predicted molar refractivity (Wildman–Crippen MR) is 70.2 cm³/mol. The van der Waals surface area contributed by atoms with Crippen LogP contribution in [0.25, 0.3) is 0 Å². The van der Waals surface area contributed by atoms with Crippen LogP contribution in [-0.4, -0.2) is 18.7 Å². The third kappa shape index (κ3) is 2.76. The summed E-state index contributed by atoms with van der Waals surface area (Å²) in [6.45, 7) is 0. The summed E-state index contributed by atoms with van der Waals surface area (Å²) < 4.78 is 20.3. The van der Waals surface area contributed by atoms with E-state index in [1.165, 1.54) is 12.3 Å². The number of nitrogens with one attached hydrogen (secondary N) is 1. The average Bonchev–Trinajstić information content (AvgIpc) is 2.34. The number of nitrogen functional groups attached to an aromatic ring is 1. The van der Waals surface area contributed by atoms with Crippen molar-refractivity contribution >= 4 is 40.1 Å². The number of nitrogens with two attached hydrogens (primary N) is 1. The summed E-state index contributed by atoms with van der Waals surface area (Å²) in [5.41, 5.74) is 5.88. The van der Waals surface area contributed by atoms with E-state index in [4.69, 9.17) is 21.9 Å². The van der Waals surface area contributed by atoms with E-state index < -0.39 is 11.1 Å². The van der Waals surface area contributed by atoms with E-state index in [1.807, 2.05) is 0 Å². The fourth-order valence-corrected chi connectivity index (χ4v) is 1.96. The molecule has 6 nitrogen and oxygen atoms in total. The SMILES string of the molecule is Nc1ncc(Cl)c(Nc2ccccc2S(=O)O)n1. The Morgan fingerprint density at radius 1 is 1.39 bits per heavy atom. The van der Waals surface area contributed by atoms with Gasteiger partial charge in [-0.05, 0) is 12.1 Å². The van der Waals surface area contributed by atoms with Crippen LogP contribution >= 0.6 is 11.6 Å². The number of benzene rings is 1. The molecule has 0 fully saturated rings. The molecule has 8 heteroatoms. The molecule has 0 spiro atoms. The molecule has 4 N–H and O–H groups in total. The van der Waals surface area contributed by atoms with E-state index in [-0.39, 0.29) is 21.7 Å². The summed E-state index contributed by atoms with van der Waals surface area (Å²) in [6, 6.07) is 6.54. The first-order valence-electron chi connectivity index (χ1n) is 4.83. The van der Waals surface area contributed by atoms with Gasteiger partial charge in [-0.15, -0.1) is 0 Å². The fourth-order valence-electron chi connectivity index (χ4n) is 1.32. The Morgan fingerprint density at radius 2 is 2.11 bits per heavy atom. The highest BCUT2D eigenvalue weighted by molar-refractivity contribution is 7.79. The standard InChI is InChI=1S/C10H9ClN4O2S/c11-6-5-13-10(12)15-9(6)14-7-3-1-2-4-8(7)18(16)17/h1-5H,(H,16,17)(H3,12,13,14,15). The summed E-state index contributed by atoms with van der Waals surface area (Å²) in [5.74, 6) is 0.339. The van der Waals surface area contributed by atoms with E-state index in [9.17, 15) is 4.21 Å². The molecule has 94 valence electrons. The van der Waals surface area contributed by atoms with Crippen molar-refractivity contribution in [2.45, 2.75) is 4.90 Å². The number of para-hydroxylation sites is 1. The maximum Gasteiger partial charge on any atom is 0.222 e. The van der Waals surface area contributed by atoms with Crippen LogP contribution < -0.4 is 11.1 Å². The van der Waals surface area contributed by atoms with Gasteiger partial charge in [-0.3, -0.25) is 0 Å². The topological polar surface area (TPSA) is 101 Å². The third-order valence-corrected chi connectivity index (χ3v) is 3.10. The molecule has 0 aliphatic heterocycles. The van der Waals surface area contributed by atoms with E-state index in [0.29, 0.717) is 5.69 Å². The lowest BCUT2D eigenvalue weighted by Gasteiger charge is -2.10. The Bertz CT molecular complexity index is 608. The molecular formula is C10H9ClN4O2S. The van der Waals surface area contributed by atoms with Crippen molar-refractivity contribution in [2.75, 3.05) is 11.1 Å². The maximum atomic E-state index is 11.1.